The maximum absolute atomic E-state index is 12.0. The number of nitrogens with zero attached hydrogens (tertiary/aromatic N) is 4. The van der Waals surface area contributed by atoms with Gasteiger partial charge in [-0.1, -0.05) is 12.0 Å². The highest BCUT2D eigenvalue weighted by Crippen LogP contribution is 2.30. The predicted octanol–water partition coefficient (Wildman–Crippen LogP) is 1.04. The molecule has 0 aliphatic carbocycles. The standard InChI is InChI=1S/C11H14N5O3/c1-3-8-7(14-15-12)4-9(19-8)16-10(17)6(2)5-13-11(16)18/h5,7-9H,1,3-4H2,2H3,(H,13,18)/t7-,8-,9-/m0/s1. The van der Waals surface area contributed by atoms with E-state index in [4.69, 9.17) is 10.3 Å². The highest BCUT2D eigenvalue weighted by molar-refractivity contribution is 5.02. The lowest BCUT2D eigenvalue weighted by molar-refractivity contribution is -0.00326. The Hall–Kier alpha value is -2.05. The Morgan fingerprint density at radius 1 is 1.68 bits per heavy atom. The maximum Gasteiger partial charge on any atom is 0.330 e. The number of aromatic amines is 1. The highest BCUT2D eigenvalue weighted by Gasteiger charge is 2.35. The van der Waals surface area contributed by atoms with Crippen LogP contribution in [-0.4, -0.2) is 21.7 Å². The molecule has 1 fully saturated rings. The van der Waals surface area contributed by atoms with Gasteiger partial charge in [0, 0.05) is 23.1 Å². The molecule has 1 aromatic rings. The molecule has 2 heterocycles. The van der Waals surface area contributed by atoms with Gasteiger partial charge >= 0.3 is 5.69 Å². The zero-order valence-electron chi connectivity index (χ0n) is 10.4. The van der Waals surface area contributed by atoms with Crippen LogP contribution in [0.5, 0.6) is 0 Å². The number of aryl methyl sites for hydroxylation is 1. The van der Waals surface area contributed by atoms with Gasteiger partial charge < -0.3 is 9.72 Å². The Balaban J connectivity index is 2.40. The largest absolute Gasteiger partial charge is 0.354 e. The Morgan fingerprint density at radius 2 is 2.42 bits per heavy atom. The van der Waals surface area contributed by atoms with E-state index in [0.29, 0.717) is 12.0 Å². The number of hydrogen-bond donors (Lipinski definition) is 1. The summed E-state index contributed by atoms with van der Waals surface area (Å²) >= 11 is 0. The number of rotatable bonds is 3. The SMILES string of the molecule is [CH2]C[C@@H]1O[C@H](n2c(=O)[nH]cc(C)c2=O)C[C@@H]1N=[N+]=[N-]. The first-order chi connectivity index (χ1) is 9.08. The molecular weight excluding hydrogens is 250 g/mol. The fraction of sp³-hybridized carbons (Fsp3) is 0.545. The number of ether oxygens (including phenoxy) is 1. The van der Waals surface area contributed by atoms with E-state index in [2.05, 4.69) is 21.9 Å². The minimum Gasteiger partial charge on any atom is -0.354 e. The Kier molecular flexibility index (Phi) is 3.73. The van der Waals surface area contributed by atoms with E-state index in [0.717, 1.165) is 4.57 Å². The third kappa shape index (κ3) is 2.40. The lowest BCUT2D eigenvalue weighted by Crippen LogP contribution is -2.39. The smallest absolute Gasteiger partial charge is 0.330 e. The van der Waals surface area contributed by atoms with Crippen molar-refractivity contribution in [2.24, 2.45) is 5.11 Å². The molecule has 101 valence electrons. The molecule has 1 aliphatic heterocycles. The molecular formula is C11H14N5O3. The first-order valence-corrected chi connectivity index (χ1v) is 5.88. The summed E-state index contributed by atoms with van der Waals surface area (Å²) < 4.78 is 6.61. The van der Waals surface area contributed by atoms with E-state index in [1.807, 2.05) is 0 Å². The molecule has 1 saturated heterocycles. The van der Waals surface area contributed by atoms with Gasteiger partial charge in [0.2, 0.25) is 0 Å². The summed E-state index contributed by atoms with van der Waals surface area (Å²) in [5.74, 6) is 0. The van der Waals surface area contributed by atoms with Crippen LogP contribution in [0.15, 0.2) is 20.9 Å². The van der Waals surface area contributed by atoms with Gasteiger partial charge in [-0.25, -0.2) is 9.36 Å². The molecule has 8 nitrogen and oxygen atoms in total. The van der Waals surface area contributed by atoms with Crippen LogP contribution < -0.4 is 11.2 Å². The van der Waals surface area contributed by atoms with Crippen molar-refractivity contribution in [3.05, 3.63) is 50.0 Å². The van der Waals surface area contributed by atoms with Gasteiger partial charge in [0.15, 0.2) is 0 Å². The number of H-pyrrole nitrogens is 1. The fourth-order valence-corrected chi connectivity index (χ4v) is 2.17. The van der Waals surface area contributed by atoms with Gasteiger partial charge in [-0.05, 0) is 18.9 Å². The second kappa shape index (κ2) is 5.29. The lowest BCUT2D eigenvalue weighted by Gasteiger charge is -2.14. The molecule has 0 saturated carbocycles. The van der Waals surface area contributed by atoms with Crippen LogP contribution in [0.25, 0.3) is 10.4 Å². The molecule has 19 heavy (non-hydrogen) atoms. The van der Waals surface area contributed by atoms with E-state index in [1.54, 1.807) is 6.92 Å². The molecule has 0 amide bonds. The van der Waals surface area contributed by atoms with Crippen molar-refractivity contribution >= 4 is 0 Å². The normalized spacial score (nSPS) is 26.1. The van der Waals surface area contributed by atoms with Crippen molar-refractivity contribution in [2.75, 3.05) is 0 Å². The van der Waals surface area contributed by atoms with Gasteiger partial charge in [-0.3, -0.25) is 4.79 Å². The monoisotopic (exact) mass is 264 g/mol. The van der Waals surface area contributed by atoms with E-state index >= 15 is 0 Å². The van der Waals surface area contributed by atoms with E-state index in [1.165, 1.54) is 6.20 Å². The first-order valence-electron chi connectivity index (χ1n) is 5.88. The van der Waals surface area contributed by atoms with Crippen LogP contribution in [0.3, 0.4) is 0 Å². The van der Waals surface area contributed by atoms with Gasteiger partial charge in [0.25, 0.3) is 5.56 Å². The summed E-state index contributed by atoms with van der Waals surface area (Å²) in [6, 6.07) is -0.417. The van der Waals surface area contributed by atoms with Gasteiger partial charge in [-0.2, -0.15) is 0 Å². The van der Waals surface area contributed by atoms with Crippen molar-refractivity contribution in [2.45, 2.75) is 38.1 Å². The minimum atomic E-state index is -0.724. The molecule has 2 rings (SSSR count). The summed E-state index contributed by atoms with van der Waals surface area (Å²) in [6.45, 7) is 5.31. The summed E-state index contributed by atoms with van der Waals surface area (Å²) in [5, 5.41) is 3.62. The average Bonchev–Trinajstić information content (AvgIpc) is 2.78. The number of nitrogens with one attached hydrogen (secondary N) is 1. The number of azide groups is 1. The molecule has 8 heteroatoms. The van der Waals surface area contributed by atoms with E-state index in [9.17, 15) is 9.59 Å². The van der Waals surface area contributed by atoms with Crippen molar-refractivity contribution < 1.29 is 4.74 Å². The molecule has 1 aliphatic rings. The molecule has 1 radical (unpaired) electrons. The van der Waals surface area contributed by atoms with Crippen molar-refractivity contribution in [3.63, 3.8) is 0 Å². The Morgan fingerprint density at radius 3 is 3.05 bits per heavy atom. The van der Waals surface area contributed by atoms with Crippen LogP contribution in [0.1, 0.15) is 24.6 Å². The summed E-state index contributed by atoms with van der Waals surface area (Å²) in [4.78, 5) is 29.0. The summed E-state index contributed by atoms with van der Waals surface area (Å²) in [6.07, 6.45) is 0.945. The quantitative estimate of drug-likeness (QED) is 0.499. The van der Waals surface area contributed by atoms with Gasteiger partial charge in [0.1, 0.15) is 6.23 Å². The second-order valence-electron chi connectivity index (χ2n) is 4.38. The second-order valence-corrected chi connectivity index (χ2v) is 4.38. The summed E-state index contributed by atoms with van der Waals surface area (Å²) in [5.41, 5.74) is 7.97. The van der Waals surface area contributed by atoms with Crippen molar-refractivity contribution in [3.8, 4) is 0 Å². The van der Waals surface area contributed by atoms with Gasteiger partial charge in [-0.15, -0.1) is 0 Å². The molecule has 0 spiro atoms. The predicted molar refractivity (Wildman–Crippen MR) is 67.5 cm³/mol. The highest BCUT2D eigenvalue weighted by atomic mass is 16.5. The number of hydrogen-bond acceptors (Lipinski definition) is 4. The molecule has 1 N–H and O–H groups in total. The zero-order valence-corrected chi connectivity index (χ0v) is 10.4. The first kappa shape index (κ1) is 13.4. The third-order valence-electron chi connectivity index (χ3n) is 3.16. The Bertz CT molecular complexity index is 628. The summed E-state index contributed by atoms with van der Waals surface area (Å²) in [7, 11) is 0. The molecule has 0 bridgehead atoms. The molecule has 3 atom stereocenters. The van der Waals surface area contributed by atoms with E-state index in [-0.39, 0.29) is 12.5 Å². The van der Waals surface area contributed by atoms with Gasteiger partial charge in [0.05, 0.1) is 12.1 Å². The zero-order chi connectivity index (χ0) is 14.0. The van der Waals surface area contributed by atoms with Crippen LogP contribution in [0, 0.1) is 13.8 Å². The van der Waals surface area contributed by atoms with Crippen LogP contribution in [-0.2, 0) is 4.74 Å². The van der Waals surface area contributed by atoms with Crippen molar-refractivity contribution in [1.82, 2.24) is 9.55 Å². The fourth-order valence-electron chi connectivity index (χ4n) is 2.17. The van der Waals surface area contributed by atoms with Crippen molar-refractivity contribution in [1.29, 1.82) is 0 Å². The van der Waals surface area contributed by atoms with E-state index < -0.39 is 23.5 Å². The van der Waals surface area contributed by atoms with Crippen LogP contribution in [0.2, 0.25) is 0 Å². The maximum atomic E-state index is 12.0. The third-order valence-corrected chi connectivity index (χ3v) is 3.16. The van der Waals surface area contributed by atoms with Crippen LogP contribution in [0.4, 0.5) is 0 Å². The minimum absolute atomic E-state index is 0.288. The Labute approximate surface area is 108 Å². The average molecular weight is 264 g/mol. The van der Waals surface area contributed by atoms with Crippen LogP contribution >= 0.6 is 0 Å². The molecule has 0 unspecified atom stereocenters. The molecule has 1 aromatic heterocycles. The molecule has 0 aromatic carbocycles. The number of aromatic nitrogens is 2. The lowest BCUT2D eigenvalue weighted by atomic mass is 10.1. The topological polar surface area (TPSA) is 113 Å².